The van der Waals surface area contributed by atoms with Crippen molar-refractivity contribution in [3.8, 4) is 0 Å². The molecule has 2 N–H and O–H groups in total. The number of aryl methyl sites for hydroxylation is 2. The van der Waals surface area contributed by atoms with E-state index in [-0.39, 0.29) is 18.2 Å². The minimum atomic E-state index is -0.999. The second-order valence-corrected chi connectivity index (χ2v) is 8.77. The van der Waals surface area contributed by atoms with E-state index in [0.717, 1.165) is 63.0 Å². The summed E-state index contributed by atoms with van der Waals surface area (Å²) in [6.07, 6.45) is 5.98. The molecule has 6 nitrogen and oxygen atoms in total. The molecule has 0 saturated carbocycles. The second kappa shape index (κ2) is 10.1. The van der Waals surface area contributed by atoms with Crippen molar-refractivity contribution in [2.24, 2.45) is 5.92 Å². The number of carbonyl (C=O) groups is 2. The van der Waals surface area contributed by atoms with E-state index in [2.05, 4.69) is 17.4 Å². The van der Waals surface area contributed by atoms with Crippen LogP contribution in [0.5, 0.6) is 0 Å². The largest absolute Gasteiger partial charge is 0.481 e. The molecular weight excluding hydrogens is 409 g/mol. The number of pyridine rings is 1. The number of hydrogen-bond donors (Lipinski definition) is 2. The quantitative estimate of drug-likeness (QED) is 0.639. The molecule has 0 aliphatic carbocycles. The van der Waals surface area contributed by atoms with E-state index in [9.17, 15) is 19.1 Å². The predicted octanol–water partition coefficient (Wildman–Crippen LogP) is 4.36. The Kier molecular flexibility index (Phi) is 7.02. The normalized spacial score (nSPS) is 19.2. The van der Waals surface area contributed by atoms with Gasteiger partial charge in [0.25, 0.3) is 0 Å². The number of carboxylic acids is 1. The minimum Gasteiger partial charge on any atom is -0.481 e. The third kappa shape index (κ3) is 5.26. The van der Waals surface area contributed by atoms with Crippen LogP contribution in [0, 0.1) is 11.7 Å². The summed E-state index contributed by atoms with van der Waals surface area (Å²) in [5.41, 5.74) is 2.83. The molecule has 1 amide bonds. The number of likely N-dealkylation sites (tertiary alicyclic amines) is 1. The van der Waals surface area contributed by atoms with E-state index < -0.39 is 17.8 Å². The molecule has 32 heavy (non-hydrogen) atoms. The molecule has 4 rings (SSSR count). The Morgan fingerprint density at radius 3 is 2.97 bits per heavy atom. The first-order chi connectivity index (χ1) is 15.5. The maximum Gasteiger partial charge on any atom is 0.305 e. The van der Waals surface area contributed by atoms with Crippen molar-refractivity contribution in [3.63, 3.8) is 0 Å². The van der Waals surface area contributed by atoms with Gasteiger partial charge in [-0.3, -0.25) is 9.59 Å². The van der Waals surface area contributed by atoms with Crippen LogP contribution in [0.2, 0.25) is 0 Å². The minimum absolute atomic E-state index is 0.0215. The van der Waals surface area contributed by atoms with E-state index in [1.54, 1.807) is 17.0 Å². The molecule has 1 aromatic carbocycles. The van der Waals surface area contributed by atoms with E-state index in [1.165, 1.54) is 17.7 Å². The fraction of sp³-hybridized carbons (Fsp3) is 0.480. The summed E-state index contributed by atoms with van der Waals surface area (Å²) < 4.78 is 13.8. The monoisotopic (exact) mass is 439 g/mol. The Morgan fingerprint density at radius 2 is 2.16 bits per heavy atom. The number of anilines is 1. The molecule has 2 atom stereocenters. The molecule has 7 heteroatoms. The van der Waals surface area contributed by atoms with Crippen LogP contribution in [0.15, 0.2) is 36.4 Å². The highest BCUT2D eigenvalue weighted by Crippen LogP contribution is 2.33. The molecule has 2 aliphatic rings. The first-order valence-corrected chi connectivity index (χ1v) is 11.5. The van der Waals surface area contributed by atoms with Crippen LogP contribution < -0.4 is 5.32 Å². The van der Waals surface area contributed by atoms with Gasteiger partial charge in [0, 0.05) is 24.7 Å². The average molecular weight is 440 g/mol. The molecule has 3 heterocycles. The summed E-state index contributed by atoms with van der Waals surface area (Å²) in [6, 6.07) is 9.49. The standard InChI is InChI=1S/C25H30FN3O3/c26-20-9-1-6-19(15-20)22(16-23(30)31)29-14-4-8-18(25(29)32)5-2-10-21-12-11-17-7-3-13-27-24(17)28-21/h1,6,9,11-12,15,18,22H,2-5,7-8,10,13-14,16H2,(H,27,28)(H,30,31)/t18-,22-/m0/s1. The Bertz CT molecular complexity index is 981. The van der Waals surface area contributed by atoms with E-state index in [1.807, 2.05) is 0 Å². The number of rotatable bonds is 8. The topological polar surface area (TPSA) is 82.5 Å². The summed E-state index contributed by atoms with van der Waals surface area (Å²) in [5, 5.41) is 12.8. The molecule has 0 bridgehead atoms. The molecule has 1 fully saturated rings. The molecule has 170 valence electrons. The highest BCUT2D eigenvalue weighted by atomic mass is 19.1. The van der Waals surface area contributed by atoms with Crippen molar-refractivity contribution < 1.29 is 19.1 Å². The maximum absolute atomic E-state index is 13.8. The van der Waals surface area contributed by atoms with Gasteiger partial charge in [0.1, 0.15) is 11.6 Å². The zero-order valence-corrected chi connectivity index (χ0v) is 18.2. The van der Waals surface area contributed by atoms with Crippen molar-refractivity contribution in [1.82, 2.24) is 9.88 Å². The summed E-state index contributed by atoms with van der Waals surface area (Å²) in [5.74, 6) is -0.594. The zero-order chi connectivity index (χ0) is 22.5. The van der Waals surface area contributed by atoms with Gasteiger partial charge in [-0.1, -0.05) is 18.2 Å². The number of piperidine rings is 1. The Morgan fingerprint density at radius 1 is 1.28 bits per heavy atom. The van der Waals surface area contributed by atoms with Gasteiger partial charge in [-0.15, -0.1) is 0 Å². The summed E-state index contributed by atoms with van der Waals surface area (Å²) in [6.45, 7) is 1.46. The van der Waals surface area contributed by atoms with Gasteiger partial charge < -0.3 is 15.3 Å². The third-order valence-corrected chi connectivity index (χ3v) is 6.50. The van der Waals surface area contributed by atoms with E-state index >= 15 is 0 Å². The Labute approximate surface area is 187 Å². The van der Waals surface area contributed by atoms with Gasteiger partial charge in [0.2, 0.25) is 5.91 Å². The molecule has 1 saturated heterocycles. The molecular formula is C25H30FN3O3. The molecule has 2 aliphatic heterocycles. The third-order valence-electron chi connectivity index (χ3n) is 6.50. The fourth-order valence-electron chi connectivity index (χ4n) is 4.88. The lowest BCUT2D eigenvalue weighted by Gasteiger charge is -2.38. The predicted molar refractivity (Wildman–Crippen MR) is 120 cm³/mol. The average Bonchev–Trinajstić information content (AvgIpc) is 2.78. The lowest BCUT2D eigenvalue weighted by Crippen LogP contribution is -2.44. The van der Waals surface area contributed by atoms with Crippen LogP contribution in [0.25, 0.3) is 0 Å². The van der Waals surface area contributed by atoms with E-state index in [0.29, 0.717) is 12.1 Å². The number of hydrogen-bond acceptors (Lipinski definition) is 4. The molecule has 0 radical (unpaired) electrons. The van der Waals surface area contributed by atoms with Crippen LogP contribution in [-0.2, 0) is 22.4 Å². The molecule has 0 spiro atoms. The Hall–Kier alpha value is -2.96. The van der Waals surface area contributed by atoms with Gasteiger partial charge in [0.05, 0.1) is 12.5 Å². The summed E-state index contributed by atoms with van der Waals surface area (Å²) in [4.78, 5) is 31.1. The number of aromatic nitrogens is 1. The maximum atomic E-state index is 13.8. The van der Waals surface area contributed by atoms with Crippen molar-refractivity contribution in [1.29, 1.82) is 0 Å². The number of fused-ring (bicyclic) bond motifs is 1. The first-order valence-electron chi connectivity index (χ1n) is 11.5. The van der Waals surface area contributed by atoms with Crippen LogP contribution in [-0.4, -0.2) is 40.0 Å². The van der Waals surface area contributed by atoms with Crippen molar-refractivity contribution in [2.45, 2.75) is 57.4 Å². The number of nitrogens with zero attached hydrogens (tertiary/aromatic N) is 2. The molecule has 1 aromatic heterocycles. The number of amides is 1. The van der Waals surface area contributed by atoms with Gasteiger partial charge in [-0.05, 0) is 74.3 Å². The van der Waals surface area contributed by atoms with Gasteiger partial charge >= 0.3 is 5.97 Å². The first kappa shape index (κ1) is 22.2. The van der Waals surface area contributed by atoms with Crippen molar-refractivity contribution in [3.05, 3.63) is 59.0 Å². The van der Waals surface area contributed by atoms with E-state index in [4.69, 9.17) is 4.98 Å². The molecule has 0 unspecified atom stereocenters. The van der Waals surface area contributed by atoms with Crippen LogP contribution in [0.1, 0.15) is 61.4 Å². The number of carbonyl (C=O) groups excluding carboxylic acids is 1. The highest BCUT2D eigenvalue weighted by molar-refractivity contribution is 5.81. The number of halogens is 1. The summed E-state index contributed by atoms with van der Waals surface area (Å²) >= 11 is 0. The number of benzene rings is 1. The SMILES string of the molecule is O=C(O)C[C@@H](c1cccc(F)c1)N1CCC[C@H](CCCc2ccc3c(n2)NCCC3)C1=O. The fourth-order valence-corrected chi connectivity index (χ4v) is 4.88. The highest BCUT2D eigenvalue weighted by Gasteiger charge is 2.34. The second-order valence-electron chi connectivity index (χ2n) is 8.77. The van der Waals surface area contributed by atoms with Crippen LogP contribution in [0.3, 0.4) is 0 Å². The number of carboxylic acid groups (broad SMARTS) is 1. The summed E-state index contributed by atoms with van der Waals surface area (Å²) in [7, 11) is 0. The van der Waals surface area contributed by atoms with Crippen LogP contribution >= 0.6 is 0 Å². The van der Waals surface area contributed by atoms with Gasteiger partial charge in [-0.25, -0.2) is 9.37 Å². The number of aliphatic carboxylic acids is 1. The molecule has 2 aromatic rings. The Balaban J connectivity index is 1.40. The van der Waals surface area contributed by atoms with Crippen molar-refractivity contribution >= 4 is 17.7 Å². The smallest absolute Gasteiger partial charge is 0.305 e. The van der Waals surface area contributed by atoms with Gasteiger partial charge in [-0.2, -0.15) is 0 Å². The zero-order valence-electron chi connectivity index (χ0n) is 18.2. The lowest BCUT2D eigenvalue weighted by atomic mass is 9.89. The lowest BCUT2D eigenvalue weighted by molar-refractivity contribution is -0.145. The number of nitrogens with one attached hydrogen (secondary N) is 1. The van der Waals surface area contributed by atoms with Crippen molar-refractivity contribution in [2.75, 3.05) is 18.4 Å². The van der Waals surface area contributed by atoms with Crippen LogP contribution in [0.4, 0.5) is 10.2 Å². The van der Waals surface area contributed by atoms with Gasteiger partial charge in [0.15, 0.2) is 0 Å².